The summed E-state index contributed by atoms with van der Waals surface area (Å²) >= 11 is 0. The Labute approximate surface area is 113 Å². The summed E-state index contributed by atoms with van der Waals surface area (Å²) in [5.74, 6) is 0.180. The number of oxazole rings is 1. The average molecular weight is 267 g/mol. The van der Waals surface area contributed by atoms with Crippen molar-refractivity contribution in [3.63, 3.8) is 0 Å². The third-order valence-corrected chi connectivity index (χ3v) is 3.32. The minimum atomic E-state index is -0.438. The topological polar surface area (TPSA) is 58.8 Å². The van der Waals surface area contributed by atoms with Crippen molar-refractivity contribution in [2.24, 2.45) is 5.92 Å². The summed E-state index contributed by atoms with van der Waals surface area (Å²) in [6.07, 6.45) is 2.54. The first kappa shape index (κ1) is 13.9. The van der Waals surface area contributed by atoms with Crippen LogP contribution in [-0.2, 0) is 4.74 Å². The summed E-state index contributed by atoms with van der Waals surface area (Å²) in [6.45, 7) is 5.22. The standard InChI is InChI=1S/C13H21N3O3/c1-4-18-12(17)11-9-19-13(14-11)16(3)8-10-5-6-15(2)7-10/h9-10H,4-8H2,1-3H3. The van der Waals surface area contributed by atoms with E-state index < -0.39 is 5.97 Å². The zero-order chi connectivity index (χ0) is 13.8. The molecule has 1 fully saturated rings. The number of ether oxygens (including phenoxy) is 1. The lowest BCUT2D eigenvalue weighted by atomic mass is 10.1. The van der Waals surface area contributed by atoms with Gasteiger partial charge < -0.3 is 19.0 Å². The molecule has 0 bridgehead atoms. The van der Waals surface area contributed by atoms with Crippen molar-refractivity contribution in [3.8, 4) is 0 Å². The minimum Gasteiger partial charge on any atom is -0.461 e. The van der Waals surface area contributed by atoms with Crippen LogP contribution < -0.4 is 4.90 Å². The number of hydrogen-bond donors (Lipinski definition) is 0. The van der Waals surface area contributed by atoms with Crippen LogP contribution in [0.1, 0.15) is 23.8 Å². The number of anilines is 1. The van der Waals surface area contributed by atoms with Crippen LogP contribution in [0.25, 0.3) is 0 Å². The SMILES string of the molecule is CCOC(=O)c1coc(N(C)CC2CCN(C)C2)n1. The Bertz CT molecular complexity index is 433. The molecule has 106 valence electrons. The maximum atomic E-state index is 11.5. The highest BCUT2D eigenvalue weighted by Crippen LogP contribution is 2.19. The van der Waals surface area contributed by atoms with E-state index in [1.54, 1.807) is 6.92 Å². The second-order valence-corrected chi connectivity index (χ2v) is 5.03. The van der Waals surface area contributed by atoms with Crippen LogP contribution in [-0.4, -0.2) is 56.2 Å². The molecule has 6 heteroatoms. The van der Waals surface area contributed by atoms with Crippen LogP contribution in [0.4, 0.5) is 6.01 Å². The number of rotatable bonds is 5. The van der Waals surface area contributed by atoms with Crippen molar-refractivity contribution in [3.05, 3.63) is 12.0 Å². The number of nitrogens with zero attached hydrogens (tertiary/aromatic N) is 3. The predicted octanol–water partition coefficient (Wildman–Crippen LogP) is 1.24. The molecular weight excluding hydrogens is 246 g/mol. The van der Waals surface area contributed by atoms with E-state index in [1.165, 1.54) is 12.7 Å². The Morgan fingerprint density at radius 1 is 1.68 bits per heavy atom. The van der Waals surface area contributed by atoms with Crippen molar-refractivity contribution in [1.29, 1.82) is 0 Å². The largest absolute Gasteiger partial charge is 0.461 e. The van der Waals surface area contributed by atoms with Gasteiger partial charge in [0.2, 0.25) is 0 Å². The lowest BCUT2D eigenvalue weighted by molar-refractivity contribution is 0.0519. The van der Waals surface area contributed by atoms with Crippen LogP contribution in [0.2, 0.25) is 0 Å². The Morgan fingerprint density at radius 2 is 2.47 bits per heavy atom. The van der Waals surface area contributed by atoms with E-state index in [2.05, 4.69) is 16.9 Å². The Morgan fingerprint density at radius 3 is 3.11 bits per heavy atom. The molecule has 6 nitrogen and oxygen atoms in total. The second-order valence-electron chi connectivity index (χ2n) is 5.03. The highest BCUT2D eigenvalue weighted by Gasteiger charge is 2.23. The minimum absolute atomic E-state index is 0.229. The monoisotopic (exact) mass is 267 g/mol. The van der Waals surface area contributed by atoms with Gasteiger partial charge in [-0.3, -0.25) is 0 Å². The molecule has 2 rings (SSSR count). The quantitative estimate of drug-likeness (QED) is 0.748. The first-order chi connectivity index (χ1) is 9.10. The summed E-state index contributed by atoms with van der Waals surface area (Å²) in [6, 6.07) is 0.470. The number of likely N-dealkylation sites (tertiary alicyclic amines) is 1. The van der Waals surface area contributed by atoms with E-state index in [9.17, 15) is 4.79 Å². The third kappa shape index (κ3) is 3.47. The van der Waals surface area contributed by atoms with Gasteiger partial charge >= 0.3 is 5.97 Å². The highest BCUT2D eigenvalue weighted by molar-refractivity contribution is 5.87. The molecule has 0 saturated carbocycles. The molecule has 0 amide bonds. The number of hydrogen-bond acceptors (Lipinski definition) is 6. The molecule has 19 heavy (non-hydrogen) atoms. The summed E-state index contributed by atoms with van der Waals surface area (Å²) in [5, 5.41) is 0. The zero-order valence-electron chi connectivity index (χ0n) is 11.8. The molecule has 2 heterocycles. The molecular formula is C13H21N3O3. The zero-order valence-corrected chi connectivity index (χ0v) is 11.8. The second kappa shape index (κ2) is 6.06. The maximum Gasteiger partial charge on any atom is 0.360 e. The number of carbonyl (C=O) groups excluding carboxylic acids is 1. The van der Waals surface area contributed by atoms with Gasteiger partial charge in [-0.05, 0) is 32.9 Å². The molecule has 0 radical (unpaired) electrons. The molecule has 1 atom stereocenters. The van der Waals surface area contributed by atoms with Gasteiger partial charge in [-0.2, -0.15) is 4.98 Å². The summed E-state index contributed by atoms with van der Waals surface area (Å²) < 4.78 is 10.2. The Balaban J connectivity index is 1.92. The fourth-order valence-corrected chi connectivity index (χ4v) is 2.38. The first-order valence-corrected chi connectivity index (χ1v) is 6.62. The molecule has 0 spiro atoms. The van der Waals surface area contributed by atoms with E-state index in [1.807, 2.05) is 11.9 Å². The van der Waals surface area contributed by atoms with E-state index >= 15 is 0 Å². The Hall–Kier alpha value is -1.56. The summed E-state index contributed by atoms with van der Waals surface area (Å²) in [4.78, 5) is 19.9. The summed E-state index contributed by atoms with van der Waals surface area (Å²) in [5.41, 5.74) is 0.229. The van der Waals surface area contributed by atoms with Gasteiger partial charge in [-0.1, -0.05) is 0 Å². The first-order valence-electron chi connectivity index (χ1n) is 6.62. The third-order valence-electron chi connectivity index (χ3n) is 3.32. The smallest absolute Gasteiger partial charge is 0.360 e. The van der Waals surface area contributed by atoms with Gasteiger partial charge in [0.05, 0.1) is 6.61 Å². The van der Waals surface area contributed by atoms with Crippen LogP contribution in [0.3, 0.4) is 0 Å². The molecule has 1 saturated heterocycles. The molecule has 1 aliphatic heterocycles. The van der Waals surface area contributed by atoms with Crippen molar-refractivity contribution >= 4 is 12.0 Å². The van der Waals surface area contributed by atoms with Crippen LogP contribution >= 0.6 is 0 Å². The van der Waals surface area contributed by atoms with E-state index in [4.69, 9.17) is 9.15 Å². The van der Waals surface area contributed by atoms with Gasteiger partial charge in [0.25, 0.3) is 6.01 Å². The van der Waals surface area contributed by atoms with Gasteiger partial charge in [0, 0.05) is 20.1 Å². The number of aromatic nitrogens is 1. The van der Waals surface area contributed by atoms with Gasteiger partial charge in [0.15, 0.2) is 5.69 Å². The number of esters is 1. The van der Waals surface area contributed by atoms with Crippen molar-refractivity contribution in [2.75, 3.05) is 45.2 Å². The maximum absolute atomic E-state index is 11.5. The highest BCUT2D eigenvalue weighted by atomic mass is 16.5. The molecule has 0 aliphatic carbocycles. The molecule has 0 N–H and O–H groups in total. The van der Waals surface area contributed by atoms with Gasteiger partial charge in [-0.15, -0.1) is 0 Å². The average Bonchev–Trinajstić information content (AvgIpc) is 2.98. The fraction of sp³-hybridized carbons (Fsp3) is 0.692. The normalized spacial score (nSPS) is 19.6. The van der Waals surface area contributed by atoms with Crippen molar-refractivity contribution < 1.29 is 13.9 Å². The van der Waals surface area contributed by atoms with Crippen LogP contribution in [0, 0.1) is 5.92 Å². The predicted molar refractivity (Wildman–Crippen MR) is 71.3 cm³/mol. The van der Waals surface area contributed by atoms with E-state index in [-0.39, 0.29) is 5.69 Å². The van der Waals surface area contributed by atoms with Crippen LogP contribution in [0.5, 0.6) is 0 Å². The molecule has 1 aromatic rings. The molecule has 1 aromatic heterocycles. The Kier molecular flexibility index (Phi) is 4.42. The van der Waals surface area contributed by atoms with Gasteiger partial charge in [0.1, 0.15) is 6.26 Å². The van der Waals surface area contributed by atoms with Crippen molar-refractivity contribution in [2.45, 2.75) is 13.3 Å². The van der Waals surface area contributed by atoms with Crippen LogP contribution in [0.15, 0.2) is 10.7 Å². The molecule has 0 aromatic carbocycles. The fourth-order valence-electron chi connectivity index (χ4n) is 2.38. The summed E-state index contributed by atoms with van der Waals surface area (Å²) in [7, 11) is 4.06. The van der Waals surface area contributed by atoms with E-state index in [0.29, 0.717) is 18.5 Å². The lowest BCUT2D eigenvalue weighted by Crippen LogP contribution is -2.27. The number of carbonyl (C=O) groups is 1. The molecule has 1 aliphatic rings. The van der Waals surface area contributed by atoms with Crippen molar-refractivity contribution in [1.82, 2.24) is 9.88 Å². The lowest BCUT2D eigenvalue weighted by Gasteiger charge is -2.18. The van der Waals surface area contributed by atoms with E-state index in [0.717, 1.165) is 19.6 Å². The molecule has 1 unspecified atom stereocenters. The van der Waals surface area contributed by atoms with Gasteiger partial charge in [-0.25, -0.2) is 4.79 Å².